The number of hydrogen-bond acceptors (Lipinski definition) is 0. The molecule has 0 saturated carbocycles. The zero-order valence-corrected chi connectivity index (χ0v) is 13.8. The van der Waals surface area contributed by atoms with Crippen LogP contribution in [0.2, 0.25) is 0 Å². The third-order valence-electron chi connectivity index (χ3n) is 3.95. The predicted molar refractivity (Wildman–Crippen MR) is 89.3 cm³/mol. The van der Waals surface area contributed by atoms with E-state index in [1.54, 1.807) is 0 Å². The third kappa shape index (κ3) is 8.86. The topological polar surface area (TPSA) is 0 Å². The lowest BCUT2D eigenvalue weighted by atomic mass is 9.91. The maximum Gasteiger partial charge on any atom is -0.0196 e. The Morgan fingerprint density at radius 2 is 1.32 bits per heavy atom. The normalized spacial score (nSPS) is 14.8. The molecule has 0 heterocycles. The first kappa shape index (κ1) is 18.2. The van der Waals surface area contributed by atoms with E-state index in [9.17, 15) is 0 Å². The van der Waals surface area contributed by atoms with Gasteiger partial charge in [-0.05, 0) is 30.6 Å². The van der Waals surface area contributed by atoms with Crippen LogP contribution in [0.4, 0.5) is 0 Å². The lowest BCUT2D eigenvalue weighted by Crippen LogP contribution is -2.00. The van der Waals surface area contributed by atoms with Crippen LogP contribution in [-0.4, -0.2) is 0 Å². The Balaban J connectivity index is 4.15. The minimum atomic E-state index is 0.581. The van der Waals surface area contributed by atoms with Crippen LogP contribution in [0.1, 0.15) is 66.7 Å². The van der Waals surface area contributed by atoms with E-state index in [0.717, 1.165) is 5.92 Å². The van der Waals surface area contributed by atoms with Gasteiger partial charge >= 0.3 is 0 Å². The molecule has 0 bridgehead atoms. The van der Waals surface area contributed by atoms with Gasteiger partial charge in [-0.2, -0.15) is 0 Å². The van der Waals surface area contributed by atoms with Crippen LogP contribution < -0.4 is 0 Å². The van der Waals surface area contributed by atoms with Crippen molar-refractivity contribution < 1.29 is 0 Å². The summed E-state index contributed by atoms with van der Waals surface area (Å²) in [6.07, 6.45) is 10.7. The van der Waals surface area contributed by atoms with Crippen LogP contribution in [0, 0.1) is 17.8 Å². The van der Waals surface area contributed by atoms with Gasteiger partial charge < -0.3 is 0 Å². The van der Waals surface area contributed by atoms with E-state index in [-0.39, 0.29) is 0 Å². The summed E-state index contributed by atoms with van der Waals surface area (Å²) < 4.78 is 0. The molecule has 0 fully saturated rings. The Bertz CT molecular complexity index is 293. The molecule has 0 aromatic heterocycles. The minimum absolute atomic E-state index is 0.581. The van der Waals surface area contributed by atoms with Gasteiger partial charge in [-0.25, -0.2) is 0 Å². The quantitative estimate of drug-likeness (QED) is 0.391. The molecule has 0 rings (SSSR count). The average molecular weight is 262 g/mol. The highest BCUT2D eigenvalue weighted by Crippen LogP contribution is 2.21. The molecule has 0 amide bonds. The molecule has 0 N–H and O–H groups in total. The van der Waals surface area contributed by atoms with Crippen LogP contribution >= 0.6 is 0 Å². The molecule has 0 aromatic carbocycles. The van der Waals surface area contributed by atoms with E-state index >= 15 is 0 Å². The lowest BCUT2D eigenvalue weighted by Gasteiger charge is -2.14. The van der Waals surface area contributed by atoms with Crippen molar-refractivity contribution in [3.8, 4) is 0 Å². The Morgan fingerprint density at radius 3 is 1.74 bits per heavy atom. The zero-order chi connectivity index (χ0) is 14.8. The third-order valence-corrected chi connectivity index (χ3v) is 3.95. The highest BCUT2D eigenvalue weighted by Gasteiger charge is 2.07. The average Bonchev–Trinajstić information content (AvgIpc) is 2.38. The van der Waals surface area contributed by atoms with E-state index in [2.05, 4.69) is 59.9 Å². The number of allylic oxidation sites excluding steroid dienone is 4. The number of hydrogen-bond donors (Lipinski definition) is 0. The maximum absolute atomic E-state index is 4.20. The van der Waals surface area contributed by atoms with Crippen LogP contribution in [0.3, 0.4) is 0 Å². The first-order valence-electron chi connectivity index (χ1n) is 7.94. The van der Waals surface area contributed by atoms with Gasteiger partial charge in [0.1, 0.15) is 0 Å². The summed E-state index contributed by atoms with van der Waals surface area (Å²) >= 11 is 0. The molecular weight excluding hydrogens is 228 g/mol. The van der Waals surface area contributed by atoms with Crippen molar-refractivity contribution in [2.45, 2.75) is 66.7 Å². The second-order valence-corrected chi connectivity index (χ2v) is 6.40. The summed E-state index contributed by atoms with van der Waals surface area (Å²) in [5, 5.41) is 0. The molecule has 0 aromatic rings. The fourth-order valence-electron chi connectivity index (χ4n) is 2.01. The molecular formula is C19H34. The second kappa shape index (κ2) is 10.1. The van der Waals surface area contributed by atoms with E-state index < -0.39 is 0 Å². The minimum Gasteiger partial charge on any atom is -0.0956 e. The van der Waals surface area contributed by atoms with Crippen molar-refractivity contribution in [2.24, 2.45) is 17.8 Å². The fraction of sp³-hybridized carbons (Fsp3) is 0.684. The Hall–Kier alpha value is -0.780. The molecule has 19 heavy (non-hydrogen) atoms. The molecule has 0 saturated heterocycles. The predicted octanol–water partition coefficient (Wildman–Crippen LogP) is 6.55. The van der Waals surface area contributed by atoms with Crippen molar-refractivity contribution in [2.75, 3.05) is 0 Å². The molecule has 0 heteroatoms. The molecule has 2 unspecified atom stereocenters. The summed E-state index contributed by atoms with van der Waals surface area (Å²) in [6.45, 7) is 19.7. The van der Waals surface area contributed by atoms with Gasteiger partial charge in [0.2, 0.25) is 0 Å². The van der Waals surface area contributed by atoms with Crippen molar-refractivity contribution in [1.29, 1.82) is 0 Å². The summed E-state index contributed by atoms with van der Waals surface area (Å²) in [6, 6.07) is 0. The van der Waals surface area contributed by atoms with Gasteiger partial charge in [0.05, 0.1) is 0 Å². The first-order chi connectivity index (χ1) is 8.88. The summed E-state index contributed by atoms with van der Waals surface area (Å²) in [7, 11) is 0. The number of rotatable bonds is 10. The van der Waals surface area contributed by atoms with Gasteiger partial charge in [0.15, 0.2) is 0 Å². The molecule has 0 aliphatic heterocycles. The van der Waals surface area contributed by atoms with Crippen molar-refractivity contribution in [3.05, 3.63) is 36.5 Å². The summed E-state index contributed by atoms with van der Waals surface area (Å²) in [5.74, 6) is 1.95. The smallest absolute Gasteiger partial charge is 0.0196 e. The molecule has 0 aliphatic carbocycles. The number of unbranched alkanes of at least 4 members (excludes halogenated alkanes) is 1. The fourth-order valence-corrected chi connectivity index (χ4v) is 2.01. The van der Waals surface area contributed by atoms with Crippen molar-refractivity contribution in [1.82, 2.24) is 0 Å². The van der Waals surface area contributed by atoms with Crippen LogP contribution in [0.5, 0.6) is 0 Å². The Kier molecular flexibility index (Phi) is 9.65. The van der Waals surface area contributed by atoms with E-state index in [0.29, 0.717) is 11.8 Å². The van der Waals surface area contributed by atoms with Crippen LogP contribution in [-0.2, 0) is 0 Å². The molecule has 110 valence electrons. The van der Waals surface area contributed by atoms with Gasteiger partial charge in [0, 0.05) is 0 Å². The SMILES string of the molecule is C=C(/C=C\C(=C)C(C)CCC(C)C)C(C)CCCC. The van der Waals surface area contributed by atoms with Gasteiger partial charge in [-0.1, -0.05) is 90.3 Å². The van der Waals surface area contributed by atoms with E-state index in [1.165, 1.54) is 43.3 Å². The van der Waals surface area contributed by atoms with Crippen molar-refractivity contribution >= 4 is 0 Å². The van der Waals surface area contributed by atoms with Crippen LogP contribution in [0.15, 0.2) is 36.5 Å². The lowest BCUT2D eigenvalue weighted by molar-refractivity contribution is 0.494. The van der Waals surface area contributed by atoms with Gasteiger partial charge in [-0.15, -0.1) is 0 Å². The van der Waals surface area contributed by atoms with Crippen molar-refractivity contribution in [3.63, 3.8) is 0 Å². The van der Waals surface area contributed by atoms with E-state index in [1.807, 2.05) is 0 Å². The largest absolute Gasteiger partial charge is 0.0956 e. The monoisotopic (exact) mass is 262 g/mol. The second-order valence-electron chi connectivity index (χ2n) is 6.40. The molecule has 0 nitrogen and oxygen atoms in total. The standard InChI is InChI=1S/C19H34/c1-8-9-10-16(4)18(6)13-14-19(7)17(5)12-11-15(2)3/h13-17H,6-12H2,1-5H3/b14-13-. The van der Waals surface area contributed by atoms with Crippen LogP contribution in [0.25, 0.3) is 0 Å². The highest BCUT2D eigenvalue weighted by atomic mass is 14.1. The molecule has 0 aliphatic rings. The molecule has 0 radical (unpaired) electrons. The molecule has 2 atom stereocenters. The maximum atomic E-state index is 4.20. The van der Waals surface area contributed by atoms with Gasteiger partial charge in [-0.3, -0.25) is 0 Å². The summed E-state index contributed by atoms with van der Waals surface area (Å²) in [5.41, 5.74) is 2.48. The molecule has 0 spiro atoms. The zero-order valence-electron chi connectivity index (χ0n) is 13.8. The Labute approximate surface area is 121 Å². The summed E-state index contributed by atoms with van der Waals surface area (Å²) in [4.78, 5) is 0. The van der Waals surface area contributed by atoms with Gasteiger partial charge in [0.25, 0.3) is 0 Å². The Morgan fingerprint density at radius 1 is 0.842 bits per heavy atom. The highest BCUT2D eigenvalue weighted by molar-refractivity contribution is 5.26. The first-order valence-corrected chi connectivity index (χ1v) is 7.94. The van der Waals surface area contributed by atoms with E-state index in [4.69, 9.17) is 0 Å².